The van der Waals surface area contributed by atoms with E-state index in [4.69, 9.17) is 0 Å². The Morgan fingerprint density at radius 1 is 1.47 bits per heavy atom. The lowest BCUT2D eigenvalue weighted by molar-refractivity contribution is 0.182. The lowest BCUT2D eigenvalue weighted by Crippen LogP contribution is -2.51. The molecule has 1 aliphatic heterocycles. The molecule has 1 saturated carbocycles. The SMILES string of the molecule is c1cc(CN2CCNC(C3CC3)C2)cs1. The van der Waals surface area contributed by atoms with Crippen LogP contribution < -0.4 is 5.32 Å². The minimum atomic E-state index is 0.775. The van der Waals surface area contributed by atoms with Gasteiger partial charge in [-0.25, -0.2) is 0 Å². The van der Waals surface area contributed by atoms with Gasteiger partial charge in [0.2, 0.25) is 0 Å². The second kappa shape index (κ2) is 4.24. The van der Waals surface area contributed by atoms with Crippen LogP contribution in [0.4, 0.5) is 0 Å². The van der Waals surface area contributed by atoms with E-state index in [-0.39, 0.29) is 0 Å². The molecule has 0 radical (unpaired) electrons. The van der Waals surface area contributed by atoms with Gasteiger partial charge >= 0.3 is 0 Å². The summed E-state index contributed by atoms with van der Waals surface area (Å²) in [4.78, 5) is 2.60. The van der Waals surface area contributed by atoms with Crippen molar-refractivity contribution < 1.29 is 0 Å². The average molecular weight is 222 g/mol. The number of nitrogens with one attached hydrogen (secondary N) is 1. The minimum Gasteiger partial charge on any atom is -0.311 e. The summed E-state index contributed by atoms with van der Waals surface area (Å²) in [5.74, 6) is 0.982. The van der Waals surface area contributed by atoms with Crippen LogP contribution in [0.1, 0.15) is 18.4 Å². The Morgan fingerprint density at radius 2 is 2.40 bits per heavy atom. The molecule has 1 unspecified atom stereocenters. The summed E-state index contributed by atoms with van der Waals surface area (Å²) in [7, 11) is 0. The van der Waals surface area contributed by atoms with Gasteiger partial charge in [-0.3, -0.25) is 4.90 Å². The van der Waals surface area contributed by atoms with Crippen molar-refractivity contribution in [3.05, 3.63) is 22.4 Å². The molecule has 1 aromatic heterocycles. The van der Waals surface area contributed by atoms with Gasteiger partial charge in [0, 0.05) is 32.2 Å². The van der Waals surface area contributed by atoms with Crippen molar-refractivity contribution in [2.24, 2.45) is 5.92 Å². The van der Waals surface area contributed by atoms with Gasteiger partial charge in [-0.2, -0.15) is 11.3 Å². The number of hydrogen-bond acceptors (Lipinski definition) is 3. The number of rotatable bonds is 3. The molecule has 0 amide bonds. The van der Waals surface area contributed by atoms with Gasteiger partial charge in [0.05, 0.1) is 0 Å². The third kappa shape index (κ3) is 2.41. The molecule has 1 atom stereocenters. The molecule has 0 bridgehead atoms. The highest BCUT2D eigenvalue weighted by Crippen LogP contribution is 2.33. The molecule has 0 spiro atoms. The van der Waals surface area contributed by atoms with Crippen molar-refractivity contribution in [3.8, 4) is 0 Å². The van der Waals surface area contributed by atoms with E-state index in [0.29, 0.717) is 0 Å². The summed E-state index contributed by atoms with van der Waals surface area (Å²) in [6.07, 6.45) is 2.90. The van der Waals surface area contributed by atoms with Crippen molar-refractivity contribution in [3.63, 3.8) is 0 Å². The Bertz CT molecular complexity index is 305. The third-order valence-corrected chi connectivity index (χ3v) is 4.20. The molecule has 2 aliphatic rings. The van der Waals surface area contributed by atoms with Gasteiger partial charge in [0.15, 0.2) is 0 Å². The molecule has 1 N–H and O–H groups in total. The van der Waals surface area contributed by atoms with E-state index in [9.17, 15) is 0 Å². The summed E-state index contributed by atoms with van der Waals surface area (Å²) in [6, 6.07) is 3.02. The fourth-order valence-electron chi connectivity index (χ4n) is 2.44. The van der Waals surface area contributed by atoms with Gasteiger partial charge in [-0.15, -0.1) is 0 Å². The summed E-state index contributed by atoms with van der Waals surface area (Å²) >= 11 is 1.81. The zero-order valence-corrected chi connectivity index (χ0v) is 9.80. The number of piperazine rings is 1. The van der Waals surface area contributed by atoms with E-state index in [0.717, 1.165) is 18.5 Å². The number of hydrogen-bond donors (Lipinski definition) is 1. The Balaban J connectivity index is 1.56. The lowest BCUT2D eigenvalue weighted by Gasteiger charge is -2.33. The van der Waals surface area contributed by atoms with Gasteiger partial charge in [0.25, 0.3) is 0 Å². The van der Waals surface area contributed by atoms with Gasteiger partial charge in [0.1, 0.15) is 0 Å². The molecule has 0 aromatic carbocycles. The zero-order chi connectivity index (χ0) is 10.1. The summed E-state index contributed by atoms with van der Waals surface area (Å²) in [5, 5.41) is 8.10. The summed E-state index contributed by atoms with van der Waals surface area (Å²) in [6.45, 7) is 4.78. The van der Waals surface area contributed by atoms with Crippen molar-refractivity contribution in [2.45, 2.75) is 25.4 Å². The molecule has 15 heavy (non-hydrogen) atoms. The highest BCUT2D eigenvalue weighted by atomic mass is 32.1. The molecule has 1 aliphatic carbocycles. The predicted molar refractivity (Wildman–Crippen MR) is 64.1 cm³/mol. The molecule has 1 aromatic rings. The molecule has 3 rings (SSSR count). The predicted octanol–water partition coefficient (Wildman–Crippen LogP) is 1.93. The topological polar surface area (TPSA) is 15.3 Å². The van der Waals surface area contributed by atoms with E-state index >= 15 is 0 Å². The third-order valence-electron chi connectivity index (χ3n) is 3.47. The largest absolute Gasteiger partial charge is 0.311 e. The standard InChI is InChI=1S/C12H18N2S/c1-2-11(1)12-8-14(5-4-13-12)7-10-3-6-15-9-10/h3,6,9,11-13H,1-2,4-5,7-8H2. The van der Waals surface area contributed by atoms with Crippen LogP contribution in [-0.2, 0) is 6.54 Å². The van der Waals surface area contributed by atoms with Crippen molar-refractivity contribution in [2.75, 3.05) is 19.6 Å². The Hall–Kier alpha value is -0.380. The first-order chi connectivity index (χ1) is 7.42. The zero-order valence-electron chi connectivity index (χ0n) is 8.98. The van der Waals surface area contributed by atoms with Crippen molar-refractivity contribution in [1.82, 2.24) is 10.2 Å². The average Bonchev–Trinajstić information content (AvgIpc) is 3.00. The molecule has 3 heteroatoms. The van der Waals surface area contributed by atoms with Gasteiger partial charge in [-0.1, -0.05) is 0 Å². The van der Waals surface area contributed by atoms with Crippen LogP contribution in [0.5, 0.6) is 0 Å². The molecule has 2 fully saturated rings. The molecule has 82 valence electrons. The molecule has 2 heterocycles. The van der Waals surface area contributed by atoms with E-state index in [1.165, 1.54) is 38.0 Å². The fraction of sp³-hybridized carbons (Fsp3) is 0.667. The van der Waals surface area contributed by atoms with Gasteiger partial charge < -0.3 is 5.32 Å². The smallest absolute Gasteiger partial charge is 0.0243 e. The van der Waals surface area contributed by atoms with E-state index < -0.39 is 0 Å². The molecule has 2 nitrogen and oxygen atoms in total. The van der Waals surface area contributed by atoms with Crippen molar-refractivity contribution in [1.29, 1.82) is 0 Å². The fourth-order valence-corrected chi connectivity index (χ4v) is 3.10. The van der Waals surface area contributed by atoms with E-state index in [1.54, 1.807) is 11.3 Å². The summed E-state index contributed by atoms with van der Waals surface area (Å²) < 4.78 is 0. The van der Waals surface area contributed by atoms with E-state index in [1.807, 2.05) is 0 Å². The first kappa shape index (κ1) is 9.82. The van der Waals surface area contributed by atoms with Crippen LogP contribution in [-0.4, -0.2) is 30.6 Å². The molecular formula is C12H18N2S. The van der Waals surface area contributed by atoms with Crippen LogP contribution >= 0.6 is 11.3 Å². The van der Waals surface area contributed by atoms with Crippen LogP contribution in [0.2, 0.25) is 0 Å². The maximum Gasteiger partial charge on any atom is 0.0243 e. The van der Waals surface area contributed by atoms with Gasteiger partial charge in [-0.05, 0) is 41.1 Å². The number of thiophene rings is 1. The van der Waals surface area contributed by atoms with Crippen LogP contribution in [0, 0.1) is 5.92 Å². The maximum atomic E-state index is 3.65. The van der Waals surface area contributed by atoms with Crippen molar-refractivity contribution >= 4 is 11.3 Å². The first-order valence-electron chi connectivity index (χ1n) is 5.88. The Kier molecular flexibility index (Phi) is 2.77. The monoisotopic (exact) mass is 222 g/mol. The van der Waals surface area contributed by atoms with E-state index in [2.05, 4.69) is 27.0 Å². The van der Waals surface area contributed by atoms with Crippen LogP contribution in [0.15, 0.2) is 16.8 Å². The second-order valence-electron chi connectivity index (χ2n) is 4.76. The summed E-state index contributed by atoms with van der Waals surface area (Å²) in [5.41, 5.74) is 1.48. The normalized spacial score (nSPS) is 28.1. The maximum absolute atomic E-state index is 3.65. The highest BCUT2D eigenvalue weighted by Gasteiger charge is 2.33. The quantitative estimate of drug-likeness (QED) is 0.840. The number of nitrogens with zero attached hydrogens (tertiary/aromatic N) is 1. The lowest BCUT2D eigenvalue weighted by atomic mass is 10.1. The van der Waals surface area contributed by atoms with Crippen LogP contribution in [0.25, 0.3) is 0 Å². The Morgan fingerprint density at radius 3 is 3.13 bits per heavy atom. The highest BCUT2D eigenvalue weighted by molar-refractivity contribution is 7.07. The van der Waals surface area contributed by atoms with Crippen LogP contribution in [0.3, 0.4) is 0 Å². The molecule has 1 saturated heterocycles. The first-order valence-corrected chi connectivity index (χ1v) is 6.83. The molecular weight excluding hydrogens is 204 g/mol. The minimum absolute atomic E-state index is 0.775. The second-order valence-corrected chi connectivity index (χ2v) is 5.54. The Labute approximate surface area is 95.3 Å².